The number of methoxy groups -OCH3 is 2. The van der Waals surface area contributed by atoms with Crippen molar-refractivity contribution in [1.82, 2.24) is 15.5 Å². The van der Waals surface area contributed by atoms with Gasteiger partial charge in [-0.3, -0.25) is 19.2 Å². The van der Waals surface area contributed by atoms with Gasteiger partial charge < -0.3 is 84.8 Å². The maximum Gasteiger partial charge on any atom is 0.222 e. The summed E-state index contributed by atoms with van der Waals surface area (Å²) in [7, 11) is 3.25. The Balaban J connectivity index is 0.0000141. The Morgan fingerprint density at radius 1 is 0.656 bits per heavy atom. The van der Waals surface area contributed by atoms with E-state index in [0.717, 1.165) is 19.3 Å². The van der Waals surface area contributed by atoms with Crippen molar-refractivity contribution >= 4 is 23.5 Å². The number of Topliss-reactive ketones (excluding diaryl/α,β-unsaturated/α-hetero) is 1. The molecule has 0 aliphatic carbocycles. The van der Waals surface area contributed by atoms with E-state index in [1.165, 1.54) is 0 Å². The minimum absolute atomic E-state index is 0. The molecule has 1 radical (unpaired) electrons. The normalized spacial score (nSPS) is 29.8. The van der Waals surface area contributed by atoms with E-state index in [4.69, 9.17) is 28.4 Å². The number of ether oxygens (including phenoxy) is 6. The fourth-order valence-electron chi connectivity index (χ4n) is 7.90. The molecule has 3 aliphatic heterocycles. The molecule has 3 amide bonds. The maximum absolute atomic E-state index is 13.4. The molecule has 0 aromatic heterocycles. The zero-order chi connectivity index (χ0) is 46.3. The van der Waals surface area contributed by atoms with Gasteiger partial charge in [-0.05, 0) is 64.2 Å². The van der Waals surface area contributed by atoms with Crippen molar-refractivity contribution in [1.29, 1.82) is 0 Å². The van der Waals surface area contributed by atoms with E-state index < -0.39 is 80.7 Å². The van der Waals surface area contributed by atoms with Gasteiger partial charge in [0.1, 0.15) is 48.8 Å². The SMILES string of the molecule is COC[C@@H]1C[C@@H](OC)CN1C(=O)CCCCCCC(=O)[C@@H](CCCCNC(=O)CCCCOC1OC(CO)C(O)C(O)C1O)NC(=O)CCCCOC1OC(CO)C(O)C(O)C1O.[Y]. The van der Waals surface area contributed by atoms with Crippen molar-refractivity contribution < 1.29 is 121 Å². The first-order valence-electron chi connectivity index (χ1n) is 22.5. The van der Waals surface area contributed by atoms with Gasteiger partial charge in [-0.2, -0.15) is 0 Å². The molecule has 22 heteroatoms. The number of nitrogens with zero attached hydrogens (tertiary/aromatic N) is 1. The summed E-state index contributed by atoms with van der Waals surface area (Å²) in [6.45, 7) is 0.385. The topological polar surface area (TPSA) is 313 Å². The van der Waals surface area contributed by atoms with Gasteiger partial charge in [0.25, 0.3) is 0 Å². The van der Waals surface area contributed by atoms with Crippen molar-refractivity contribution in [3.8, 4) is 0 Å². The van der Waals surface area contributed by atoms with Crippen LogP contribution >= 0.6 is 0 Å². The molecule has 10 unspecified atom stereocenters. The van der Waals surface area contributed by atoms with E-state index in [2.05, 4.69) is 10.6 Å². The first kappa shape index (κ1) is 58.7. The molecule has 3 aliphatic rings. The van der Waals surface area contributed by atoms with Crippen LogP contribution < -0.4 is 10.6 Å². The molecule has 0 aromatic rings. The summed E-state index contributed by atoms with van der Waals surface area (Å²) in [4.78, 5) is 53.6. The molecule has 21 nitrogen and oxygen atoms in total. The second-order valence-corrected chi connectivity index (χ2v) is 16.6. The Hall–Kier alpha value is -1.38. The van der Waals surface area contributed by atoms with Crippen molar-refractivity contribution in [2.75, 3.05) is 60.3 Å². The zero-order valence-corrected chi connectivity index (χ0v) is 40.3. The standard InChI is InChI=1S/C42H75N3O18.Y/c1-58-25-26-21-27(59-2)22-45(26)34(51)17-6-4-3-5-14-29(48)28(44-33(50)16-9-12-20-61-42-40(57)38(55)36(53)31(24-47)63-42)13-7-10-18-43-32(49)15-8-11-19-60-41-39(56)37(54)35(52)30(23-46)62-41;/h26-28,30-31,35-42,46-47,52-57H,3-25H2,1-2H3,(H,43,49)(H,44,50);/t26-,27+,28+,30?,31?,35?,36?,37?,38?,39?,40?,41?,42?;/m0./s1. The second-order valence-electron chi connectivity index (χ2n) is 16.6. The van der Waals surface area contributed by atoms with Gasteiger partial charge in [0.15, 0.2) is 18.4 Å². The van der Waals surface area contributed by atoms with Crippen LogP contribution in [0.25, 0.3) is 0 Å². The van der Waals surface area contributed by atoms with Crippen LogP contribution in [0, 0.1) is 0 Å². The number of ketones is 1. The van der Waals surface area contributed by atoms with E-state index in [9.17, 15) is 60.0 Å². The molecule has 10 N–H and O–H groups in total. The number of carbonyl (C=O) groups excluding carboxylic acids is 4. The Labute approximate surface area is 401 Å². The van der Waals surface area contributed by atoms with Crippen molar-refractivity contribution in [2.45, 2.75) is 182 Å². The molecule has 3 saturated heterocycles. The van der Waals surface area contributed by atoms with E-state index in [1.54, 1.807) is 14.2 Å². The molecule has 0 spiro atoms. The van der Waals surface area contributed by atoms with E-state index >= 15 is 0 Å². The number of aliphatic hydroxyl groups excluding tert-OH is 8. The maximum atomic E-state index is 13.4. The number of nitrogens with one attached hydrogen (secondary N) is 2. The number of amides is 3. The predicted molar refractivity (Wildman–Crippen MR) is 221 cm³/mol. The molecule has 3 rings (SSSR count). The summed E-state index contributed by atoms with van der Waals surface area (Å²) in [5.74, 6) is -0.555. The molecular weight excluding hydrogens is 923 g/mol. The van der Waals surface area contributed by atoms with Crippen LogP contribution in [-0.4, -0.2) is 209 Å². The Morgan fingerprint density at radius 3 is 1.72 bits per heavy atom. The molecule has 64 heavy (non-hydrogen) atoms. The second kappa shape index (κ2) is 32.4. The molecule has 369 valence electrons. The Morgan fingerprint density at radius 2 is 1.19 bits per heavy atom. The van der Waals surface area contributed by atoms with Crippen LogP contribution in [0.1, 0.15) is 103 Å². The number of likely N-dealkylation sites (tertiary alicyclic amines) is 1. The van der Waals surface area contributed by atoms with Gasteiger partial charge >= 0.3 is 0 Å². The van der Waals surface area contributed by atoms with Gasteiger partial charge in [-0.15, -0.1) is 0 Å². The Bertz CT molecular complexity index is 1340. The molecule has 3 fully saturated rings. The van der Waals surface area contributed by atoms with Gasteiger partial charge in [-0.25, -0.2) is 0 Å². The van der Waals surface area contributed by atoms with Crippen LogP contribution in [0.2, 0.25) is 0 Å². The monoisotopic (exact) mass is 998 g/mol. The third-order valence-corrected chi connectivity index (χ3v) is 11.8. The summed E-state index contributed by atoms with van der Waals surface area (Å²) in [6.07, 6.45) is -6.17. The van der Waals surface area contributed by atoms with Crippen LogP contribution in [0.4, 0.5) is 0 Å². The summed E-state index contributed by atoms with van der Waals surface area (Å²) in [6, 6.07) is -0.738. The predicted octanol–water partition coefficient (Wildman–Crippen LogP) is -2.10. The van der Waals surface area contributed by atoms with Crippen LogP contribution in [-0.2, 0) is 80.3 Å². The van der Waals surface area contributed by atoms with Gasteiger partial charge in [0.2, 0.25) is 17.7 Å². The number of hydrogen-bond donors (Lipinski definition) is 10. The van der Waals surface area contributed by atoms with Crippen molar-refractivity contribution in [3.05, 3.63) is 0 Å². The number of carbonyl (C=O) groups is 4. The molecular formula is C42H75N3O18Y. The summed E-state index contributed by atoms with van der Waals surface area (Å²) >= 11 is 0. The average molecular weight is 999 g/mol. The molecule has 0 bridgehead atoms. The van der Waals surface area contributed by atoms with E-state index in [0.29, 0.717) is 83.9 Å². The van der Waals surface area contributed by atoms with Crippen LogP contribution in [0.3, 0.4) is 0 Å². The van der Waals surface area contributed by atoms with Crippen LogP contribution in [0.5, 0.6) is 0 Å². The number of rotatable bonds is 31. The van der Waals surface area contributed by atoms with Crippen LogP contribution in [0.15, 0.2) is 0 Å². The third kappa shape index (κ3) is 19.7. The smallest absolute Gasteiger partial charge is 0.222 e. The van der Waals surface area contributed by atoms with E-state index in [-0.39, 0.29) is 101 Å². The van der Waals surface area contributed by atoms with Gasteiger partial charge in [0.05, 0.1) is 38.0 Å². The quantitative estimate of drug-likeness (QED) is 0.0333. The first-order chi connectivity index (χ1) is 30.3. The summed E-state index contributed by atoms with van der Waals surface area (Å²) < 4.78 is 32.4. The van der Waals surface area contributed by atoms with E-state index in [1.807, 2.05) is 4.90 Å². The number of hydrogen-bond acceptors (Lipinski definition) is 18. The third-order valence-electron chi connectivity index (χ3n) is 11.8. The minimum Gasteiger partial charge on any atom is -0.394 e. The molecule has 3 heterocycles. The van der Waals surface area contributed by atoms with Crippen molar-refractivity contribution in [2.24, 2.45) is 0 Å². The Kier molecular flexibility index (Phi) is 29.7. The number of aliphatic hydroxyl groups is 8. The summed E-state index contributed by atoms with van der Waals surface area (Å²) in [5, 5.41) is 84.4. The van der Waals surface area contributed by atoms with Crippen molar-refractivity contribution in [3.63, 3.8) is 0 Å². The summed E-state index contributed by atoms with van der Waals surface area (Å²) in [5.41, 5.74) is 0. The molecule has 13 atom stereocenters. The largest absolute Gasteiger partial charge is 0.394 e. The first-order valence-corrected chi connectivity index (χ1v) is 22.5. The number of unbranched alkanes of at least 4 members (excludes halogenated alkanes) is 6. The fraction of sp³-hybridized carbons (Fsp3) is 0.905. The molecule has 0 aromatic carbocycles. The molecule has 0 saturated carbocycles. The van der Waals surface area contributed by atoms with Gasteiger partial charge in [0, 0.05) is 98.9 Å². The van der Waals surface area contributed by atoms with Gasteiger partial charge in [-0.1, -0.05) is 12.8 Å². The average Bonchev–Trinajstić information content (AvgIpc) is 3.69. The minimum atomic E-state index is -1.56. The zero-order valence-electron chi connectivity index (χ0n) is 37.5. The fourth-order valence-corrected chi connectivity index (χ4v) is 7.90.